The zero-order valence-corrected chi connectivity index (χ0v) is 20.8. The van der Waals surface area contributed by atoms with E-state index in [0.717, 1.165) is 31.6 Å². The number of nitrogens with one attached hydrogen (secondary N) is 1. The molecule has 0 spiro atoms. The van der Waals surface area contributed by atoms with Crippen LogP contribution in [0.2, 0.25) is 0 Å². The molecule has 2 aromatic carbocycles. The number of Topliss-reactive ketones (excluding diaryl/α,β-unsaturated/α-hetero) is 1. The molecular formula is C28H45ClN4O. The molecule has 0 radical (unpaired) electrons. The van der Waals surface area contributed by atoms with Gasteiger partial charge in [0, 0.05) is 43.9 Å². The van der Waals surface area contributed by atoms with Crippen LogP contribution in [0, 0.1) is 11.8 Å². The highest BCUT2D eigenvalue weighted by Crippen LogP contribution is 2.19. The zero-order chi connectivity index (χ0) is 31.6. The molecule has 0 bridgehead atoms. The van der Waals surface area contributed by atoms with Crippen molar-refractivity contribution in [2.24, 2.45) is 17.6 Å². The Labute approximate surface area is 226 Å². The van der Waals surface area contributed by atoms with E-state index in [2.05, 4.69) is 28.1 Å². The van der Waals surface area contributed by atoms with E-state index in [9.17, 15) is 4.79 Å². The van der Waals surface area contributed by atoms with Crippen LogP contribution < -0.4 is 11.1 Å². The van der Waals surface area contributed by atoms with E-state index >= 15 is 0 Å². The molecule has 4 rings (SSSR count). The smallest absolute Gasteiger partial charge is 0.149 e. The number of benzene rings is 2. The van der Waals surface area contributed by atoms with E-state index < -0.39 is 26.6 Å². The standard InChI is InChI=1S/C14H22N2.C13H17NO.CH5N.ClH/c1-12-8-9-16(11-14(12)15-2)10-13-6-4-3-5-7-13;1-11-7-8-14(10-13(11)15)9-12-5-3-2-4-6-12;1-2;/h3-7,12,14-15H,8-11H2,1-2H3;2-6,11H,7-10H2,1H3;2H2,1H3;1H/i3*1D3;. The van der Waals surface area contributed by atoms with E-state index in [1.807, 2.05) is 60.5 Å². The van der Waals surface area contributed by atoms with Gasteiger partial charge in [-0.15, -0.1) is 12.4 Å². The number of carbonyl (C=O) groups is 1. The predicted octanol–water partition coefficient (Wildman–Crippen LogP) is 4.21. The van der Waals surface area contributed by atoms with Crippen molar-refractivity contribution in [2.45, 2.75) is 45.7 Å². The van der Waals surface area contributed by atoms with Crippen LogP contribution >= 0.6 is 12.4 Å². The van der Waals surface area contributed by atoms with Crippen LogP contribution in [-0.2, 0) is 17.9 Å². The summed E-state index contributed by atoms with van der Waals surface area (Å²) in [6.07, 6.45) is 1.16. The summed E-state index contributed by atoms with van der Waals surface area (Å²) in [7, 11) is 1.86. The fourth-order valence-electron chi connectivity index (χ4n) is 4.16. The van der Waals surface area contributed by atoms with Crippen molar-refractivity contribution in [1.82, 2.24) is 15.1 Å². The molecule has 0 aliphatic carbocycles. The van der Waals surface area contributed by atoms with Crippen LogP contribution in [0.15, 0.2) is 60.7 Å². The Morgan fingerprint density at radius 3 is 2.00 bits per heavy atom. The van der Waals surface area contributed by atoms with E-state index in [0.29, 0.717) is 19.5 Å². The lowest BCUT2D eigenvalue weighted by Crippen LogP contribution is -2.48. The topological polar surface area (TPSA) is 61.6 Å². The van der Waals surface area contributed by atoms with Crippen molar-refractivity contribution in [3.8, 4) is 0 Å². The van der Waals surface area contributed by atoms with Gasteiger partial charge in [-0.2, -0.15) is 0 Å². The first-order valence-corrected chi connectivity index (χ1v) is 11.5. The van der Waals surface area contributed by atoms with Crippen LogP contribution in [0.25, 0.3) is 0 Å². The molecule has 34 heavy (non-hydrogen) atoms. The molecule has 190 valence electrons. The molecular weight excluding hydrogens is 444 g/mol. The summed E-state index contributed by atoms with van der Waals surface area (Å²) in [4.78, 5) is 16.2. The SMILES string of the molecule is Cl.[2H]C([2H])([2H])C1CCN(Cc2ccccc2)CC1=O.[2H]C([2H])([2H])C1CCN(Cc2ccccc2)CC1NC.[2H]C([2H])([2H])N. The number of likely N-dealkylation sites (tertiary alicyclic amines) is 2. The molecule has 3 N–H and O–H groups in total. The van der Waals surface area contributed by atoms with Crippen LogP contribution in [-0.4, -0.2) is 61.8 Å². The van der Waals surface area contributed by atoms with Crippen molar-refractivity contribution in [3.63, 3.8) is 0 Å². The molecule has 2 aromatic rings. The fraction of sp³-hybridized carbons (Fsp3) is 0.536. The second-order valence-corrected chi connectivity index (χ2v) is 8.51. The van der Waals surface area contributed by atoms with Gasteiger partial charge in [-0.1, -0.05) is 74.4 Å². The van der Waals surface area contributed by atoms with Crippen molar-refractivity contribution in [3.05, 3.63) is 71.8 Å². The number of nitrogens with two attached hydrogens (primary N) is 1. The molecule has 3 unspecified atom stereocenters. The minimum absolute atomic E-state index is 0. The Morgan fingerprint density at radius 2 is 1.50 bits per heavy atom. The highest BCUT2D eigenvalue weighted by Gasteiger charge is 2.24. The third-order valence-corrected chi connectivity index (χ3v) is 6.07. The monoisotopic (exact) mass is 497 g/mol. The lowest BCUT2D eigenvalue weighted by molar-refractivity contribution is -0.126. The molecule has 2 aliphatic rings. The number of nitrogens with zero attached hydrogens (tertiary/aromatic N) is 2. The second-order valence-electron chi connectivity index (χ2n) is 8.51. The van der Waals surface area contributed by atoms with Crippen LogP contribution in [0.3, 0.4) is 0 Å². The molecule has 0 amide bonds. The molecule has 2 saturated heterocycles. The van der Waals surface area contributed by atoms with Crippen molar-refractivity contribution < 1.29 is 17.1 Å². The summed E-state index contributed by atoms with van der Waals surface area (Å²) in [6.45, 7) is -2.07. The Hall–Kier alpha value is -1.76. The van der Waals surface area contributed by atoms with Gasteiger partial charge in [0.25, 0.3) is 0 Å². The summed E-state index contributed by atoms with van der Waals surface area (Å²) < 4.78 is 63.0. The highest BCUT2D eigenvalue weighted by atomic mass is 35.5. The van der Waals surface area contributed by atoms with E-state index in [1.165, 1.54) is 5.56 Å². The van der Waals surface area contributed by atoms with Gasteiger partial charge in [0.1, 0.15) is 5.78 Å². The highest BCUT2D eigenvalue weighted by molar-refractivity contribution is 5.85. The van der Waals surface area contributed by atoms with E-state index in [4.69, 9.17) is 12.3 Å². The number of likely N-dealkylation sites (N-methyl/N-ethyl adjacent to an activating group) is 1. The van der Waals surface area contributed by atoms with Crippen molar-refractivity contribution in [2.75, 3.05) is 40.2 Å². The Morgan fingerprint density at radius 1 is 0.941 bits per heavy atom. The molecule has 2 aliphatic heterocycles. The normalized spacial score (nSPS) is 28.0. The van der Waals surface area contributed by atoms with Gasteiger partial charge in [-0.3, -0.25) is 14.6 Å². The lowest BCUT2D eigenvalue weighted by Gasteiger charge is -2.37. The fourth-order valence-corrected chi connectivity index (χ4v) is 4.16. The molecule has 0 aromatic heterocycles. The molecule has 3 atom stereocenters. The minimum Gasteiger partial charge on any atom is -0.333 e. The third-order valence-electron chi connectivity index (χ3n) is 6.07. The van der Waals surface area contributed by atoms with Gasteiger partial charge in [0.15, 0.2) is 0 Å². The Bertz CT molecular complexity index is 1060. The number of ketones is 1. The minimum atomic E-state index is -2.25. The largest absolute Gasteiger partial charge is 0.333 e. The number of hydrogen-bond donors (Lipinski definition) is 2. The van der Waals surface area contributed by atoms with Gasteiger partial charge in [0.2, 0.25) is 0 Å². The number of piperidine rings is 2. The predicted molar refractivity (Wildman–Crippen MR) is 146 cm³/mol. The van der Waals surface area contributed by atoms with Crippen LogP contribution in [0.4, 0.5) is 0 Å². The maximum atomic E-state index is 11.8. The first-order valence-electron chi connectivity index (χ1n) is 16.0. The molecule has 6 heteroatoms. The van der Waals surface area contributed by atoms with E-state index in [1.54, 1.807) is 0 Å². The molecule has 2 fully saturated rings. The molecule has 2 heterocycles. The summed E-state index contributed by atoms with van der Waals surface area (Å²) in [5.74, 6) is -1.16. The zero-order valence-electron chi connectivity index (χ0n) is 29.0. The van der Waals surface area contributed by atoms with Gasteiger partial charge in [0.05, 0.1) is 6.54 Å². The Balaban J connectivity index is 0.000000365. The van der Waals surface area contributed by atoms with Gasteiger partial charge in [-0.05, 0) is 57.0 Å². The number of rotatable bonds is 5. The number of halogens is 1. The first-order chi connectivity index (χ1) is 19.5. The van der Waals surface area contributed by atoms with Gasteiger partial charge < -0.3 is 11.1 Å². The van der Waals surface area contributed by atoms with Crippen LogP contribution in [0.1, 0.15) is 50.0 Å². The molecule has 5 nitrogen and oxygen atoms in total. The average Bonchev–Trinajstić information content (AvgIpc) is 2.88. The third kappa shape index (κ3) is 10.2. The summed E-state index contributed by atoms with van der Waals surface area (Å²) in [5, 5.41) is 3.17. The Kier molecular flexibility index (Phi) is 9.14. The lowest BCUT2D eigenvalue weighted by atomic mass is 9.93. The second kappa shape index (κ2) is 16.8. The number of hydrogen-bond acceptors (Lipinski definition) is 5. The van der Waals surface area contributed by atoms with Gasteiger partial charge in [-0.25, -0.2) is 0 Å². The summed E-state index contributed by atoms with van der Waals surface area (Å²) in [6, 6.07) is 20.3. The van der Waals surface area contributed by atoms with Crippen LogP contribution in [0.5, 0.6) is 0 Å². The first kappa shape index (κ1) is 18.5. The average molecular weight is 498 g/mol. The van der Waals surface area contributed by atoms with Gasteiger partial charge >= 0.3 is 0 Å². The quantitative estimate of drug-likeness (QED) is 0.647. The maximum absolute atomic E-state index is 11.8. The maximum Gasteiger partial charge on any atom is 0.149 e. The summed E-state index contributed by atoms with van der Waals surface area (Å²) in [5.41, 5.74) is 6.79. The van der Waals surface area contributed by atoms with Crippen molar-refractivity contribution in [1.29, 1.82) is 0 Å². The van der Waals surface area contributed by atoms with Crippen molar-refractivity contribution >= 4 is 18.2 Å². The van der Waals surface area contributed by atoms with E-state index in [-0.39, 0.29) is 36.7 Å². The summed E-state index contributed by atoms with van der Waals surface area (Å²) >= 11 is 0. The molecule has 0 saturated carbocycles. The number of carbonyl (C=O) groups excluding carboxylic acids is 1.